The Morgan fingerprint density at radius 3 is 1.36 bits per heavy atom. The highest BCUT2D eigenvalue weighted by Crippen LogP contribution is 2.53. The molecule has 1 heterocycles. The molecule has 0 spiro atoms. The van der Waals surface area contributed by atoms with Crippen molar-refractivity contribution in [3.05, 3.63) is 267 Å². The van der Waals surface area contributed by atoms with Gasteiger partial charge in [0.2, 0.25) is 0 Å². The predicted molar refractivity (Wildman–Crippen MR) is 282 cm³/mol. The summed E-state index contributed by atoms with van der Waals surface area (Å²) in [5, 5.41) is 4.36. The Kier molecular flexibility index (Phi) is 10.2. The molecular formula is C64H44N2O. The molecule has 12 rings (SSSR count). The maximum atomic E-state index is 6.96. The van der Waals surface area contributed by atoms with Gasteiger partial charge in [-0.1, -0.05) is 200 Å². The zero-order valence-corrected chi connectivity index (χ0v) is 36.7. The summed E-state index contributed by atoms with van der Waals surface area (Å²) in [5.41, 5.74) is 16.9. The molecule has 316 valence electrons. The number of anilines is 6. The molecule has 0 aliphatic carbocycles. The fourth-order valence-electron chi connectivity index (χ4n) is 9.60. The molecule has 0 bridgehead atoms. The maximum Gasteiger partial charge on any atom is 0.137 e. The van der Waals surface area contributed by atoms with Crippen molar-refractivity contribution in [1.29, 1.82) is 0 Å². The van der Waals surface area contributed by atoms with Crippen molar-refractivity contribution in [2.75, 3.05) is 9.80 Å². The van der Waals surface area contributed by atoms with Crippen molar-refractivity contribution < 1.29 is 4.42 Å². The van der Waals surface area contributed by atoms with Crippen LogP contribution < -0.4 is 9.80 Å². The van der Waals surface area contributed by atoms with Crippen molar-refractivity contribution >= 4 is 66.8 Å². The summed E-state index contributed by atoms with van der Waals surface area (Å²) in [5.74, 6) is 0. The van der Waals surface area contributed by atoms with Crippen LogP contribution in [0.25, 0.3) is 77.2 Å². The molecule has 11 aromatic carbocycles. The van der Waals surface area contributed by atoms with Gasteiger partial charge in [-0.25, -0.2) is 0 Å². The van der Waals surface area contributed by atoms with Crippen LogP contribution in [0.15, 0.2) is 271 Å². The van der Waals surface area contributed by atoms with E-state index in [1.807, 2.05) is 0 Å². The Bertz CT molecular complexity index is 3660. The molecule has 0 aliphatic heterocycles. The second-order valence-electron chi connectivity index (χ2n) is 16.9. The minimum absolute atomic E-state index is 0.810. The monoisotopic (exact) mass is 856 g/mol. The summed E-state index contributed by atoms with van der Waals surface area (Å²) in [4.78, 5) is 4.89. The van der Waals surface area contributed by atoms with Gasteiger partial charge in [0, 0.05) is 28.0 Å². The third-order valence-corrected chi connectivity index (χ3v) is 12.8. The lowest BCUT2D eigenvalue weighted by atomic mass is 9.98. The van der Waals surface area contributed by atoms with Gasteiger partial charge in [0.25, 0.3) is 0 Å². The maximum absolute atomic E-state index is 6.96. The highest BCUT2D eigenvalue weighted by molar-refractivity contribution is 6.20. The van der Waals surface area contributed by atoms with Gasteiger partial charge in [-0.05, 0) is 116 Å². The number of hydrogen-bond donors (Lipinski definition) is 0. The van der Waals surface area contributed by atoms with Crippen molar-refractivity contribution in [3.8, 4) is 44.5 Å². The van der Waals surface area contributed by atoms with Gasteiger partial charge in [0.05, 0.1) is 22.4 Å². The van der Waals surface area contributed by atoms with Gasteiger partial charge in [-0.15, -0.1) is 0 Å². The van der Waals surface area contributed by atoms with Crippen LogP contribution in [0.1, 0.15) is 0 Å². The molecule has 0 amide bonds. The molecule has 1 aromatic heterocycles. The molecule has 0 saturated carbocycles. The molecule has 0 fully saturated rings. The van der Waals surface area contributed by atoms with E-state index < -0.39 is 0 Å². The molecule has 3 nitrogen and oxygen atoms in total. The summed E-state index contributed by atoms with van der Waals surface area (Å²) in [7, 11) is 0. The molecule has 0 saturated heterocycles. The number of benzene rings is 11. The van der Waals surface area contributed by atoms with Crippen LogP contribution in [0.4, 0.5) is 34.1 Å². The molecule has 0 atom stereocenters. The first-order valence-corrected chi connectivity index (χ1v) is 22.8. The molecule has 0 aliphatic rings. The quantitative estimate of drug-likeness (QED) is 0.137. The van der Waals surface area contributed by atoms with Gasteiger partial charge in [0.1, 0.15) is 11.2 Å². The molecule has 67 heavy (non-hydrogen) atoms. The lowest BCUT2D eigenvalue weighted by Crippen LogP contribution is -2.18. The Labute approximate surface area is 390 Å². The van der Waals surface area contributed by atoms with Crippen molar-refractivity contribution in [3.63, 3.8) is 0 Å². The highest BCUT2D eigenvalue weighted by atomic mass is 16.3. The largest absolute Gasteiger partial charge is 0.456 e. The number of rotatable bonds is 10. The van der Waals surface area contributed by atoms with Crippen LogP contribution in [0.3, 0.4) is 0 Å². The summed E-state index contributed by atoms with van der Waals surface area (Å²) in [6.45, 7) is 0. The predicted octanol–water partition coefficient (Wildman–Crippen LogP) is 18.3. The van der Waals surface area contributed by atoms with Crippen LogP contribution in [-0.2, 0) is 0 Å². The Hall–Kier alpha value is -8.92. The average molecular weight is 857 g/mol. The first kappa shape index (κ1) is 39.7. The van der Waals surface area contributed by atoms with Crippen molar-refractivity contribution in [2.24, 2.45) is 0 Å². The minimum atomic E-state index is 0.810. The van der Waals surface area contributed by atoms with E-state index in [1.54, 1.807) is 0 Å². The molecule has 0 N–H and O–H groups in total. The fraction of sp³-hybridized carbons (Fsp3) is 0. The first-order chi connectivity index (χ1) is 33.2. The first-order valence-electron chi connectivity index (χ1n) is 22.8. The molecule has 3 heteroatoms. The van der Waals surface area contributed by atoms with E-state index in [4.69, 9.17) is 4.42 Å². The fourth-order valence-corrected chi connectivity index (χ4v) is 9.60. The minimum Gasteiger partial charge on any atom is -0.456 e. The molecular weight excluding hydrogens is 813 g/mol. The van der Waals surface area contributed by atoms with E-state index in [9.17, 15) is 0 Å². The third-order valence-electron chi connectivity index (χ3n) is 12.8. The standard InChI is InChI=1S/C64H44N2O/c1-5-18-45(19-6-1)48-32-36-54(37-33-48)65(56-29-17-28-51(42-56)47-22-9-3-10-23-47)60-40-41-61-63(58-43-52-26-13-14-27-53(52)44-62(58)67-61)64(60)66(55-38-34-49(35-39-55)46-20-7-2-8-21-46)59-31-16-15-30-57(59)50-24-11-4-12-25-50/h1-44H. The van der Waals surface area contributed by atoms with Crippen LogP contribution in [-0.4, -0.2) is 0 Å². The van der Waals surface area contributed by atoms with Crippen LogP contribution >= 0.6 is 0 Å². The molecule has 0 radical (unpaired) electrons. The topological polar surface area (TPSA) is 19.6 Å². The zero-order chi connectivity index (χ0) is 44.5. The van der Waals surface area contributed by atoms with Gasteiger partial charge >= 0.3 is 0 Å². The SMILES string of the molecule is c1ccc(-c2ccc(N(c3cccc(-c4ccccc4)c3)c3ccc4oc5cc6ccccc6cc5c4c3N(c3ccc(-c4ccccc4)cc3)c3ccccc3-c3ccccc3)cc2)cc1. The Morgan fingerprint density at radius 1 is 0.269 bits per heavy atom. The van der Waals surface area contributed by atoms with Gasteiger partial charge in [-0.2, -0.15) is 0 Å². The number of nitrogens with zero attached hydrogens (tertiary/aromatic N) is 2. The number of furan rings is 1. The molecule has 0 unspecified atom stereocenters. The van der Waals surface area contributed by atoms with Crippen molar-refractivity contribution in [1.82, 2.24) is 0 Å². The van der Waals surface area contributed by atoms with Crippen LogP contribution in [0.2, 0.25) is 0 Å². The second kappa shape index (κ2) is 17.2. The van der Waals surface area contributed by atoms with Crippen LogP contribution in [0, 0.1) is 0 Å². The zero-order valence-electron chi connectivity index (χ0n) is 36.7. The number of fused-ring (bicyclic) bond motifs is 4. The third kappa shape index (κ3) is 7.49. The lowest BCUT2D eigenvalue weighted by Gasteiger charge is -2.35. The van der Waals surface area contributed by atoms with E-state index in [-0.39, 0.29) is 0 Å². The summed E-state index contributed by atoms with van der Waals surface area (Å²) in [6.07, 6.45) is 0. The smallest absolute Gasteiger partial charge is 0.137 e. The lowest BCUT2D eigenvalue weighted by molar-refractivity contribution is 0.669. The van der Waals surface area contributed by atoms with Crippen LogP contribution in [0.5, 0.6) is 0 Å². The highest BCUT2D eigenvalue weighted by Gasteiger charge is 2.29. The van der Waals surface area contributed by atoms with E-state index in [0.29, 0.717) is 0 Å². The van der Waals surface area contributed by atoms with E-state index >= 15 is 0 Å². The Balaban J connectivity index is 1.19. The van der Waals surface area contributed by atoms with Gasteiger partial charge in [-0.3, -0.25) is 0 Å². The van der Waals surface area contributed by atoms with E-state index in [1.165, 1.54) is 11.1 Å². The number of hydrogen-bond acceptors (Lipinski definition) is 3. The second-order valence-corrected chi connectivity index (χ2v) is 16.9. The van der Waals surface area contributed by atoms with Crippen molar-refractivity contribution in [2.45, 2.75) is 0 Å². The summed E-state index contributed by atoms with van der Waals surface area (Å²) < 4.78 is 6.96. The summed E-state index contributed by atoms with van der Waals surface area (Å²) >= 11 is 0. The van der Waals surface area contributed by atoms with E-state index in [0.717, 1.165) is 100 Å². The summed E-state index contributed by atoms with van der Waals surface area (Å²) in [6, 6.07) is 95.7. The van der Waals surface area contributed by atoms with Gasteiger partial charge < -0.3 is 14.2 Å². The van der Waals surface area contributed by atoms with Gasteiger partial charge in [0.15, 0.2) is 0 Å². The molecule has 12 aromatic rings. The average Bonchev–Trinajstić information content (AvgIpc) is 3.77. The Morgan fingerprint density at radius 2 is 0.746 bits per heavy atom. The normalized spacial score (nSPS) is 11.3. The van der Waals surface area contributed by atoms with E-state index in [2.05, 4.69) is 277 Å². The number of para-hydroxylation sites is 1.